The molecule has 0 bridgehead atoms. The van der Waals surface area contributed by atoms with Crippen LogP contribution in [0.3, 0.4) is 0 Å². The minimum absolute atomic E-state index is 0.500. The average molecular weight is 292 g/mol. The summed E-state index contributed by atoms with van der Waals surface area (Å²) in [5, 5.41) is 0. The van der Waals surface area contributed by atoms with Gasteiger partial charge in [-0.25, -0.2) is 9.97 Å². The number of rotatable bonds is 2. The molecule has 4 heteroatoms. The third kappa shape index (κ3) is 2.82. The fraction of sp³-hybridized carbons (Fsp3) is 0.231. The van der Waals surface area contributed by atoms with Gasteiger partial charge in [0.2, 0.25) is 0 Å². The summed E-state index contributed by atoms with van der Waals surface area (Å²) in [6, 6.07) is 8.33. The normalized spacial score (nSPS) is 10.5. The van der Waals surface area contributed by atoms with E-state index >= 15 is 0 Å². The maximum atomic E-state index is 5.81. The van der Waals surface area contributed by atoms with Crippen molar-refractivity contribution in [2.24, 2.45) is 0 Å². The van der Waals surface area contributed by atoms with E-state index in [9.17, 15) is 0 Å². The zero-order chi connectivity index (χ0) is 12.4. The molecule has 0 aliphatic rings. The topological polar surface area (TPSA) is 51.8 Å². The quantitative estimate of drug-likeness (QED) is 0.925. The van der Waals surface area contributed by atoms with E-state index < -0.39 is 0 Å². The highest BCUT2D eigenvalue weighted by molar-refractivity contribution is 9.10. The van der Waals surface area contributed by atoms with Crippen LogP contribution >= 0.6 is 15.9 Å². The second-order valence-corrected chi connectivity index (χ2v) is 4.88. The first-order valence-corrected chi connectivity index (χ1v) is 6.19. The van der Waals surface area contributed by atoms with Crippen molar-refractivity contribution in [2.45, 2.75) is 20.3 Å². The van der Waals surface area contributed by atoms with Crippen molar-refractivity contribution in [3.8, 4) is 0 Å². The SMILES string of the molecule is Cc1cccc(Cc2nc(C)c(Br)c(N)n2)c1. The summed E-state index contributed by atoms with van der Waals surface area (Å²) in [5.74, 6) is 1.26. The molecular weight excluding hydrogens is 278 g/mol. The van der Waals surface area contributed by atoms with E-state index in [4.69, 9.17) is 5.73 Å². The number of nitrogen functional groups attached to an aromatic ring is 1. The van der Waals surface area contributed by atoms with E-state index in [1.165, 1.54) is 11.1 Å². The number of aryl methyl sites for hydroxylation is 2. The van der Waals surface area contributed by atoms with Crippen LogP contribution in [0.5, 0.6) is 0 Å². The van der Waals surface area contributed by atoms with E-state index in [1.807, 2.05) is 13.0 Å². The number of aromatic nitrogens is 2. The first-order valence-electron chi connectivity index (χ1n) is 5.40. The van der Waals surface area contributed by atoms with Gasteiger partial charge in [-0.15, -0.1) is 0 Å². The Labute approximate surface area is 109 Å². The monoisotopic (exact) mass is 291 g/mol. The van der Waals surface area contributed by atoms with Crippen LogP contribution in [-0.2, 0) is 6.42 Å². The number of halogens is 1. The Bertz CT molecular complexity index is 529. The van der Waals surface area contributed by atoms with E-state index in [-0.39, 0.29) is 0 Å². The molecule has 0 aliphatic heterocycles. The van der Waals surface area contributed by atoms with Crippen LogP contribution < -0.4 is 5.73 Å². The fourth-order valence-electron chi connectivity index (χ4n) is 1.72. The van der Waals surface area contributed by atoms with Crippen molar-refractivity contribution in [2.75, 3.05) is 5.73 Å². The number of benzene rings is 1. The molecule has 0 saturated carbocycles. The van der Waals surface area contributed by atoms with Crippen molar-refractivity contribution in [1.29, 1.82) is 0 Å². The number of anilines is 1. The lowest BCUT2D eigenvalue weighted by Crippen LogP contribution is -2.04. The molecule has 0 spiro atoms. The zero-order valence-electron chi connectivity index (χ0n) is 9.87. The summed E-state index contributed by atoms with van der Waals surface area (Å²) in [4.78, 5) is 8.70. The maximum Gasteiger partial charge on any atom is 0.141 e. The van der Waals surface area contributed by atoms with E-state index in [1.54, 1.807) is 0 Å². The van der Waals surface area contributed by atoms with Gasteiger partial charge in [-0.2, -0.15) is 0 Å². The molecule has 1 aromatic heterocycles. The Hall–Kier alpha value is -1.42. The van der Waals surface area contributed by atoms with Crippen molar-refractivity contribution in [3.05, 3.63) is 51.4 Å². The third-order valence-electron chi connectivity index (χ3n) is 2.53. The van der Waals surface area contributed by atoms with E-state index in [0.29, 0.717) is 12.2 Å². The summed E-state index contributed by atoms with van der Waals surface area (Å²) in [6.45, 7) is 3.99. The summed E-state index contributed by atoms with van der Waals surface area (Å²) < 4.78 is 0.783. The van der Waals surface area contributed by atoms with Crippen LogP contribution in [-0.4, -0.2) is 9.97 Å². The summed E-state index contributed by atoms with van der Waals surface area (Å²) in [7, 11) is 0. The molecular formula is C13H14BrN3. The van der Waals surface area contributed by atoms with Gasteiger partial charge in [0, 0.05) is 6.42 Å². The van der Waals surface area contributed by atoms with Gasteiger partial charge in [0.25, 0.3) is 0 Å². The molecule has 88 valence electrons. The molecule has 2 N–H and O–H groups in total. The molecule has 0 atom stereocenters. The zero-order valence-corrected chi connectivity index (χ0v) is 11.5. The minimum Gasteiger partial charge on any atom is -0.383 e. The molecule has 0 radical (unpaired) electrons. The van der Waals surface area contributed by atoms with Gasteiger partial charge in [-0.1, -0.05) is 29.8 Å². The Morgan fingerprint density at radius 2 is 2.00 bits per heavy atom. The van der Waals surface area contributed by atoms with Gasteiger partial charge >= 0.3 is 0 Å². The molecule has 0 aliphatic carbocycles. The summed E-state index contributed by atoms with van der Waals surface area (Å²) in [5.41, 5.74) is 9.12. The Balaban J connectivity index is 2.31. The predicted molar refractivity (Wildman–Crippen MR) is 72.9 cm³/mol. The molecule has 0 amide bonds. The molecule has 0 saturated heterocycles. The van der Waals surface area contributed by atoms with Crippen LogP contribution in [0.1, 0.15) is 22.6 Å². The van der Waals surface area contributed by atoms with Gasteiger partial charge in [0.15, 0.2) is 0 Å². The van der Waals surface area contributed by atoms with Crippen LogP contribution in [0.25, 0.3) is 0 Å². The largest absolute Gasteiger partial charge is 0.383 e. The molecule has 1 aromatic carbocycles. The molecule has 1 heterocycles. The van der Waals surface area contributed by atoms with Crippen molar-refractivity contribution in [1.82, 2.24) is 9.97 Å². The first-order chi connectivity index (χ1) is 8.06. The smallest absolute Gasteiger partial charge is 0.141 e. The number of hydrogen-bond donors (Lipinski definition) is 1. The highest BCUT2D eigenvalue weighted by Crippen LogP contribution is 2.20. The molecule has 0 unspecified atom stereocenters. The third-order valence-corrected chi connectivity index (χ3v) is 3.51. The second kappa shape index (κ2) is 4.84. The summed E-state index contributed by atoms with van der Waals surface area (Å²) >= 11 is 3.36. The highest BCUT2D eigenvalue weighted by atomic mass is 79.9. The van der Waals surface area contributed by atoms with Crippen molar-refractivity contribution < 1.29 is 0 Å². The first kappa shape index (κ1) is 12.0. The average Bonchev–Trinajstić information content (AvgIpc) is 2.26. The van der Waals surface area contributed by atoms with Gasteiger partial charge in [-0.05, 0) is 35.3 Å². The minimum atomic E-state index is 0.500. The Morgan fingerprint density at radius 3 is 2.65 bits per heavy atom. The molecule has 2 aromatic rings. The molecule has 2 rings (SSSR count). The van der Waals surface area contributed by atoms with Gasteiger partial charge in [0.05, 0.1) is 10.2 Å². The molecule has 17 heavy (non-hydrogen) atoms. The lowest BCUT2D eigenvalue weighted by molar-refractivity contribution is 0.940. The fourth-order valence-corrected chi connectivity index (χ4v) is 1.90. The van der Waals surface area contributed by atoms with E-state index in [2.05, 4.69) is 51.0 Å². The van der Waals surface area contributed by atoms with Gasteiger partial charge in [0.1, 0.15) is 11.6 Å². The highest BCUT2D eigenvalue weighted by Gasteiger charge is 2.07. The van der Waals surface area contributed by atoms with Gasteiger partial charge < -0.3 is 5.73 Å². The number of nitrogens with zero attached hydrogens (tertiary/aromatic N) is 2. The predicted octanol–water partition coefficient (Wildman–Crippen LogP) is 3.03. The molecule has 0 fully saturated rings. The van der Waals surface area contributed by atoms with E-state index in [0.717, 1.165) is 16.0 Å². The lowest BCUT2D eigenvalue weighted by Gasteiger charge is -2.06. The molecule has 3 nitrogen and oxygen atoms in total. The summed E-state index contributed by atoms with van der Waals surface area (Å²) in [6.07, 6.45) is 0.708. The number of nitrogens with two attached hydrogens (primary N) is 1. The Kier molecular flexibility index (Phi) is 3.43. The van der Waals surface area contributed by atoms with Crippen molar-refractivity contribution in [3.63, 3.8) is 0 Å². The second-order valence-electron chi connectivity index (χ2n) is 4.09. The maximum absolute atomic E-state index is 5.81. The Morgan fingerprint density at radius 1 is 1.24 bits per heavy atom. The van der Waals surface area contributed by atoms with Gasteiger partial charge in [-0.3, -0.25) is 0 Å². The number of hydrogen-bond acceptors (Lipinski definition) is 3. The standard InChI is InChI=1S/C13H14BrN3/c1-8-4-3-5-10(6-8)7-11-16-9(2)12(14)13(15)17-11/h3-6H,7H2,1-2H3,(H2,15,16,17). The van der Waals surface area contributed by atoms with Crippen LogP contribution in [0.4, 0.5) is 5.82 Å². The van der Waals surface area contributed by atoms with Crippen LogP contribution in [0.15, 0.2) is 28.7 Å². The van der Waals surface area contributed by atoms with Crippen LogP contribution in [0.2, 0.25) is 0 Å². The van der Waals surface area contributed by atoms with Crippen molar-refractivity contribution >= 4 is 21.7 Å². The van der Waals surface area contributed by atoms with Crippen LogP contribution in [0, 0.1) is 13.8 Å². The lowest BCUT2D eigenvalue weighted by atomic mass is 10.1.